The van der Waals surface area contributed by atoms with E-state index in [1.165, 1.54) is 23.7 Å². The standard InChI is InChI=1S/C26H33ClN2O2S/c1-3-24(26(31)28-22-7-5-4-6-8-22)29(17-20-11-9-19(2)10-12-20)25(30)18-32-23-15-13-21(27)14-16-23/h9-16,22,24H,3-8,17-18H2,1-2H3,(H,28,31)/t24-/m1/s1. The first-order valence-corrected chi connectivity index (χ1v) is 12.9. The van der Waals surface area contributed by atoms with Crippen LogP contribution in [0, 0.1) is 6.92 Å². The van der Waals surface area contributed by atoms with E-state index in [2.05, 4.69) is 5.32 Å². The number of thioether (sulfide) groups is 1. The first-order chi connectivity index (χ1) is 15.5. The number of nitrogens with one attached hydrogen (secondary N) is 1. The average Bonchev–Trinajstić information content (AvgIpc) is 2.80. The van der Waals surface area contributed by atoms with Crippen LogP contribution >= 0.6 is 23.4 Å². The van der Waals surface area contributed by atoms with Gasteiger partial charge >= 0.3 is 0 Å². The van der Waals surface area contributed by atoms with E-state index in [1.807, 2.05) is 62.4 Å². The van der Waals surface area contributed by atoms with Crippen LogP contribution in [0.1, 0.15) is 56.6 Å². The highest BCUT2D eigenvalue weighted by molar-refractivity contribution is 8.00. The van der Waals surface area contributed by atoms with Crippen LogP contribution in [0.15, 0.2) is 53.4 Å². The van der Waals surface area contributed by atoms with Crippen molar-refractivity contribution < 1.29 is 9.59 Å². The molecule has 32 heavy (non-hydrogen) atoms. The maximum Gasteiger partial charge on any atom is 0.243 e. The molecule has 0 unspecified atom stereocenters. The minimum atomic E-state index is -0.475. The molecule has 1 atom stereocenters. The molecule has 0 spiro atoms. The molecule has 1 aliphatic carbocycles. The second kappa shape index (κ2) is 12.3. The highest BCUT2D eigenvalue weighted by atomic mass is 35.5. The molecule has 0 aliphatic heterocycles. The second-order valence-corrected chi connectivity index (χ2v) is 10.0. The van der Waals surface area contributed by atoms with Crippen molar-refractivity contribution in [3.05, 3.63) is 64.7 Å². The van der Waals surface area contributed by atoms with Crippen molar-refractivity contribution in [1.82, 2.24) is 10.2 Å². The van der Waals surface area contributed by atoms with E-state index in [1.54, 1.807) is 4.90 Å². The summed E-state index contributed by atoms with van der Waals surface area (Å²) in [5.41, 5.74) is 2.20. The summed E-state index contributed by atoms with van der Waals surface area (Å²) in [6.45, 7) is 4.45. The zero-order valence-electron chi connectivity index (χ0n) is 19.0. The van der Waals surface area contributed by atoms with Crippen molar-refractivity contribution >= 4 is 35.2 Å². The molecular weight excluding hydrogens is 440 g/mol. The van der Waals surface area contributed by atoms with E-state index >= 15 is 0 Å². The lowest BCUT2D eigenvalue weighted by molar-refractivity contribution is -0.139. The number of halogens is 1. The summed E-state index contributed by atoms with van der Waals surface area (Å²) >= 11 is 7.44. The maximum absolute atomic E-state index is 13.4. The van der Waals surface area contributed by atoms with Gasteiger partial charge in [-0.15, -0.1) is 11.8 Å². The lowest BCUT2D eigenvalue weighted by atomic mass is 9.95. The molecule has 0 heterocycles. The molecule has 6 heteroatoms. The molecule has 4 nitrogen and oxygen atoms in total. The maximum atomic E-state index is 13.4. The fourth-order valence-electron chi connectivity index (χ4n) is 4.11. The van der Waals surface area contributed by atoms with Gasteiger partial charge in [0.15, 0.2) is 0 Å². The molecular formula is C26H33ClN2O2S. The van der Waals surface area contributed by atoms with Crippen molar-refractivity contribution in [2.24, 2.45) is 0 Å². The number of benzene rings is 2. The lowest BCUT2D eigenvalue weighted by Gasteiger charge is -2.32. The Kier molecular flexibility index (Phi) is 9.49. The van der Waals surface area contributed by atoms with Gasteiger partial charge in [0.25, 0.3) is 0 Å². The minimum Gasteiger partial charge on any atom is -0.352 e. The Hall–Kier alpha value is -1.98. The largest absolute Gasteiger partial charge is 0.352 e. The molecule has 2 aromatic rings. The lowest BCUT2D eigenvalue weighted by Crippen LogP contribution is -2.52. The number of carbonyl (C=O) groups excluding carboxylic acids is 2. The van der Waals surface area contributed by atoms with Gasteiger partial charge < -0.3 is 10.2 Å². The Morgan fingerprint density at radius 2 is 1.72 bits per heavy atom. The molecule has 1 fully saturated rings. The summed E-state index contributed by atoms with van der Waals surface area (Å²) in [5.74, 6) is 0.216. The van der Waals surface area contributed by atoms with Gasteiger partial charge in [0.05, 0.1) is 5.75 Å². The molecule has 0 aromatic heterocycles. The topological polar surface area (TPSA) is 49.4 Å². The number of amides is 2. The van der Waals surface area contributed by atoms with E-state index in [0.717, 1.165) is 36.1 Å². The molecule has 0 saturated heterocycles. The fraction of sp³-hybridized carbons (Fsp3) is 0.462. The summed E-state index contributed by atoms with van der Waals surface area (Å²) in [5, 5.41) is 3.90. The van der Waals surface area contributed by atoms with Gasteiger partial charge in [-0.1, -0.05) is 67.6 Å². The van der Waals surface area contributed by atoms with Crippen LogP contribution in [-0.2, 0) is 16.1 Å². The van der Waals surface area contributed by atoms with Crippen LogP contribution in [0.3, 0.4) is 0 Å². The normalized spacial score (nSPS) is 15.2. The van der Waals surface area contributed by atoms with Crippen LogP contribution in [-0.4, -0.2) is 34.6 Å². The van der Waals surface area contributed by atoms with Crippen molar-refractivity contribution in [2.45, 2.75) is 75.9 Å². The number of carbonyl (C=O) groups is 2. The molecule has 1 aliphatic rings. The molecule has 2 amide bonds. The first-order valence-electron chi connectivity index (χ1n) is 11.5. The van der Waals surface area contributed by atoms with Gasteiger partial charge in [0, 0.05) is 22.5 Å². The van der Waals surface area contributed by atoms with Crippen molar-refractivity contribution in [3.8, 4) is 0 Å². The van der Waals surface area contributed by atoms with E-state index in [9.17, 15) is 9.59 Å². The zero-order chi connectivity index (χ0) is 22.9. The SMILES string of the molecule is CC[C@H](C(=O)NC1CCCCC1)N(Cc1ccc(C)cc1)C(=O)CSc1ccc(Cl)cc1. The van der Waals surface area contributed by atoms with Crippen LogP contribution < -0.4 is 5.32 Å². The molecule has 0 radical (unpaired) electrons. The summed E-state index contributed by atoms with van der Waals surface area (Å²) in [4.78, 5) is 29.3. The Morgan fingerprint density at radius 3 is 2.34 bits per heavy atom. The predicted octanol–water partition coefficient (Wildman–Crippen LogP) is 6.00. The van der Waals surface area contributed by atoms with Gasteiger partial charge in [0.2, 0.25) is 11.8 Å². The van der Waals surface area contributed by atoms with E-state index in [4.69, 9.17) is 11.6 Å². The number of rotatable bonds is 9. The predicted molar refractivity (Wildman–Crippen MR) is 133 cm³/mol. The van der Waals surface area contributed by atoms with Crippen LogP contribution in [0.25, 0.3) is 0 Å². The molecule has 1 saturated carbocycles. The van der Waals surface area contributed by atoms with Gasteiger partial charge in [0.1, 0.15) is 6.04 Å². The summed E-state index contributed by atoms with van der Waals surface area (Å²) in [6, 6.07) is 15.4. The van der Waals surface area contributed by atoms with Crippen LogP contribution in [0.5, 0.6) is 0 Å². The molecule has 3 rings (SSSR count). The fourth-order valence-corrected chi connectivity index (χ4v) is 5.02. The van der Waals surface area contributed by atoms with Gasteiger partial charge in [-0.2, -0.15) is 0 Å². The van der Waals surface area contributed by atoms with Gasteiger partial charge in [-0.05, 0) is 56.0 Å². The summed E-state index contributed by atoms with van der Waals surface area (Å²) in [6.07, 6.45) is 6.20. The number of hydrogen-bond donors (Lipinski definition) is 1. The quantitative estimate of drug-likeness (QED) is 0.455. The third-order valence-electron chi connectivity index (χ3n) is 5.99. The molecule has 0 bridgehead atoms. The Balaban J connectivity index is 1.73. The van der Waals surface area contributed by atoms with Gasteiger partial charge in [-0.3, -0.25) is 9.59 Å². The highest BCUT2D eigenvalue weighted by Gasteiger charge is 2.30. The van der Waals surface area contributed by atoms with Crippen LogP contribution in [0.2, 0.25) is 5.02 Å². The summed E-state index contributed by atoms with van der Waals surface area (Å²) < 4.78 is 0. The Bertz CT molecular complexity index is 880. The van der Waals surface area contributed by atoms with E-state index in [-0.39, 0.29) is 23.6 Å². The second-order valence-electron chi connectivity index (χ2n) is 8.52. The zero-order valence-corrected chi connectivity index (χ0v) is 20.6. The minimum absolute atomic E-state index is 0.0312. The third kappa shape index (κ3) is 7.28. The monoisotopic (exact) mass is 472 g/mol. The average molecular weight is 473 g/mol. The Morgan fingerprint density at radius 1 is 1.06 bits per heavy atom. The molecule has 1 N–H and O–H groups in total. The molecule has 2 aromatic carbocycles. The van der Waals surface area contributed by atoms with E-state index in [0.29, 0.717) is 18.0 Å². The van der Waals surface area contributed by atoms with Crippen molar-refractivity contribution in [1.29, 1.82) is 0 Å². The number of hydrogen-bond acceptors (Lipinski definition) is 3. The number of aryl methyl sites for hydroxylation is 1. The van der Waals surface area contributed by atoms with Crippen LogP contribution in [0.4, 0.5) is 0 Å². The number of nitrogens with zero attached hydrogens (tertiary/aromatic N) is 1. The first kappa shape index (κ1) is 24.7. The van der Waals surface area contributed by atoms with E-state index < -0.39 is 6.04 Å². The Labute approximate surface area is 201 Å². The molecule has 172 valence electrons. The highest BCUT2D eigenvalue weighted by Crippen LogP contribution is 2.23. The van der Waals surface area contributed by atoms with Gasteiger partial charge in [-0.25, -0.2) is 0 Å². The van der Waals surface area contributed by atoms with Crippen molar-refractivity contribution in [2.75, 3.05) is 5.75 Å². The smallest absolute Gasteiger partial charge is 0.243 e. The third-order valence-corrected chi connectivity index (χ3v) is 7.24. The van der Waals surface area contributed by atoms with Crippen molar-refractivity contribution in [3.63, 3.8) is 0 Å². The summed E-state index contributed by atoms with van der Waals surface area (Å²) in [7, 11) is 0.